The fraction of sp³-hybridized carbons (Fsp3) is 0.533. The lowest BCUT2D eigenvalue weighted by atomic mass is 10.1. The number of anilines is 1. The van der Waals surface area contributed by atoms with Crippen LogP contribution in [-0.2, 0) is 0 Å². The molecule has 308 valence electrons. The Balaban J connectivity index is 1.91. The van der Waals surface area contributed by atoms with Crippen LogP contribution in [0.15, 0.2) is 53.3 Å². The molecule has 3 aromatic carbocycles. The van der Waals surface area contributed by atoms with E-state index in [4.69, 9.17) is 33.2 Å². The third-order valence-electron chi connectivity index (χ3n) is 8.58. The molecule has 3 rings (SSSR count). The van der Waals surface area contributed by atoms with Crippen LogP contribution in [-0.4, -0.2) is 51.5 Å². The molecule has 0 atom stereocenters. The molecule has 3 aromatic rings. The van der Waals surface area contributed by atoms with Crippen LogP contribution >= 0.6 is 0 Å². The Morgan fingerprint density at radius 2 is 0.821 bits per heavy atom. The van der Waals surface area contributed by atoms with E-state index in [1.54, 1.807) is 24.3 Å². The number of nitrogens with one attached hydrogen (secondary N) is 1. The Labute approximate surface area is 333 Å². The number of esters is 1. The molecule has 0 saturated heterocycles. The summed E-state index contributed by atoms with van der Waals surface area (Å²) in [6.45, 7) is 15.2. The number of carbonyl (C=O) groups excluding carboxylic acids is 2. The van der Waals surface area contributed by atoms with E-state index in [9.17, 15) is 14.4 Å². The van der Waals surface area contributed by atoms with Crippen molar-refractivity contribution in [1.82, 2.24) is 0 Å². The minimum Gasteiger partial charge on any atom is -0.490 e. The van der Waals surface area contributed by atoms with Gasteiger partial charge >= 0.3 is 5.97 Å². The highest BCUT2D eigenvalue weighted by Crippen LogP contribution is 2.41. The minimum atomic E-state index is -0.771. The molecule has 11 nitrogen and oxygen atoms in total. The fourth-order valence-corrected chi connectivity index (χ4v) is 5.14. The molecule has 0 saturated carbocycles. The standard InChI is InChI=1S/C45H63NO10/c1-7-13-23-50-38-29-33(30-39(51-24-14-8-2)42(38)54-27-17-11-5)44(48)46-35-19-21-36(47)37(22-20-35)56-45(49)34-31-40(52-25-15-9-3)43(55-28-18-12-6)41(32-34)53-26-16-10-4/h19-22,29-32H,7-18,23-28H2,1-6H3,(H,46,48). The van der Waals surface area contributed by atoms with Gasteiger partial charge in [0, 0.05) is 11.3 Å². The second-order valence-corrected chi connectivity index (χ2v) is 13.5. The zero-order chi connectivity index (χ0) is 40.5. The lowest BCUT2D eigenvalue weighted by Gasteiger charge is -2.18. The first-order chi connectivity index (χ1) is 27.3. The molecule has 0 bridgehead atoms. The Hall–Kier alpha value is -4.93. The largest absolute Gasteiger partial charge is 0.490 e. The summed E-state index contributed by atoms with van der Waals surface area (Å²) >= 11 is 0. The van der Waals surface area contributed by atoms with E-state index in [1.165, 1.54) is 24.3 Å². The summed E-state index contributed by atoms with van der Waals surface area (Å²) < 4.78 is 42.3. The van der Waals surface area contributed by atoms with Crippen LogP contribution in [0.4, 0.5) is 5.69 Å². The predicted octanol–water partition coefficient (Wildman–Crippen LogP) is 10.6. The monoisotopic (exact) mass is 777 g/mol. The summed E-state index contributed by atoms with van der Waals surface area (Å²) in [4.78, 5) is 40.4. The van der Waals surface area contributed by atoms with E-state index in [0.29, 0.717) is 85.4 Å². The molecule has 0 aromatic heterocycles. The molecular formula is C45H63NO10. The molecular weight excluding hydrogens is 714 g/mol. The molecule has 11 heteroatoms. The van der Waals surface area contributed by atoms with Gasteiger partial charge in [-0.2, -0.15) is 0 Å². The van der Waals surface area contributed by atoms with Gasteiger partial charge in [0.25, 0.3) is 5.91 Å². The van der Waals surface area contributed by atoms with E-state index >= 15 is 0 Å². The normalized spacial score (nSPS) is 10.8. The summed E-state index contributed by atoms with van der Waals surface area (Å²) in [6.07, 6.45) is 10.7. The maximum Gasteiger partial charge on any atom is 0.343 e. The van der Waals surface area contributed by atoms with Gasteiger partial charge in [-0.3, -0.25) is 9.59 Å². The average Bonchev–Trinajstić information content (AvgIpc) is 3.36. The summed E-state index contributed by atoms with van der Waals surface area (Å²) in [7, 11) is 0. The predicted molar refractivity (Wildman–Crippen MR) is 221 cm³/mol. The quantitative estimate of drug-likeness (QED) is 0.0562. The van der Waals surface area contributed by atoms with E-state index in [-0.39, 0.29) is 11.3 Å². The molecule has 0 aliphatic heterocycles. The molecule has 0 unspecified atom stereocenters. The van der Waals surface area contributed by atoms with Gasteiger partial charge in [0.05, 0.1) is 45.2 Å². The zero-order valence-electron chi connectivity index (χ0n) is 34.4. The first-order valence-electron chi connectivity index (χ1n) is 20.6. The van der Waals surface area contributed by atoms with Crippen LogP contribution in [0.3, 0.4) is 0 Å². The molecule has 1 N–H and O–H groups in total. The van der Waals surface area contributed by atoms with Gasteiger partial charge in [-0.05, 0) is 87.1 Å². The first kappa shape index (κ1) is 45.5. The van der Waals surface area contributed by atoms with Gasteiger partial charge in [-0.25, -0.2) is 4.79 Å². The first-order valence-corrected chi connectivity index (χ1v) is 20.6. The lowest BCUT2D eigenvalue weighted by Crippen LogP contribution is -2.14. The summed E-state index contributed by atoms with van der Waals surface area (Å²) in [5.74, 6) is 1.10. The van der Waals surface area contributed by atoms with Crippen molar-refractivity contribution in [2.75, 3.05) is 45.0 Å². The van der Waals surface area contributed by atoms with Gasteiger partial charge in [0.1, 0.15) is 0 Å². The number of amides is 1. The molecule has 1 amide bonds. The molecule has 0 fully saturated rings. The zero-order valence-corrected chi connectivity index (χ0v) is 34.4. The van der Waals surface area contributed by atoms with Crippen LogP contribution < -0.4 is 43.9 Å². The van der Waals surface area contributed by atoms with Crippen molar-refractivity contribution < 1.29 is 42.7 Å². The van der Waals surface area contributed by atoms with Crippen LogP contribution in [0.25, 0.3) is 0 Å². The Bertz CT molecular complexity index is 1650. The van der Waals surface area contributed by atoms with Crippen molar-refractivity contribution in [1.29, 1.82) is 0 Å². The molecule has 0 spiro atoms. The topological polar surface area (TPSA) is 128 Å². The van der Waals surface area contributed by atoms with Gasteiger partial charge in [-0.1, -0.05) is 80.1 Å². The van der Waals surface area contributed by atoms with Gasteiger partial charge in [0.15, 0.2) is 28.7 Å². The Kier molecular flexibility index (Phi) is 21.1. The van der Waals surface area contributed by atoms with Gasteiger partial charge in [0.2, 0.25) is 16.9 Å². The van der Waals surface area contributed by atoms with Crippen LogP contribution in [0, 0.1) is 0 Å². The summed E-state index contributed by atoms with van der Waals surface area (Å²) in [5.41, 5.74) is 0.194. The number of ether oxygens (including phenoxy) is 7. The summed E-state index contributed by atoms with van der Waals surface area (Å²) in [6, 6.07) is 12.0. The maximum absolute atomic E-state index is 13.7. The number of carbonyl (C=O) groups is 2. The molecule has 0 aliphatic rings. The van der Waals surface area contributed by atoms with Gasteiger partial charge in [-0.15, -0.1) is 0 Å². The molecule has 0 heterocycles. The number of benzene rings is 2. The highest BCUT2D eigenvalue weighted by molar-refractivity contribution is 6.05. The van der Waals surface area contributed by atoms with Crippen molar-refractivity contribution in [3.8, 4) is 40.2 Å². The minimum absolute atomic E-state index is 0.140. The van der Waals surface area contributed by atoms with E-state index in [2.05, 4.69) is 46.9 Å². The lowest BCUT2D eigenvalue weighted by molar-refractivity contribution is 0.0731. The second-order valence-electron chi connectivity index (χ2n) is 13.5. The van der Waals surface area contributed by atoms with Crippen molar-refractivity contribution in [3.05, 3.63) is 69.9 Å². The van der Waals surface area contributed by atoms with E-state index in [1.807, 2.05) is 0 Å². The Morgan fingerprint density at radius 1 is 0.464 bits per heavy atom. The third-order valence-corrected chi connectivity index (χ3v) is 8.58. The van der Waals surface area contributed by atoms with E-state index in [0.717, 1.165) is 77.0 Å². The van der Waals surface area contributed by atoms with Crippen molar-refractivity contribution in [2.45, 2.75) is 119 Å². The summed E-state index contributed by atoms with van der Waals surface area (Å²) in [5, 5.41) is 2.85. The van der Waals surface area contributed by atoms with Crippen LogP contribution in [0.5, 0.6) is 40.2 Å². The van der Waals surface area contributed by atoms with Crippen LogP contribution in [0.2, 0.25) is 0 Å². The second kappa shape index (κ2) is 26.0. The average molecular weight is 778 g/mol. The number of rotatable bonds is 28. The maximum atomic E-state index is 13.7. The molecule has 0 aliphatic carbocycles. The SMILES string of the molecule is CCCCOc1cc(C(=O)Nc2ccc(OC(=O)c3cc(OCCCC)c(OCCCC)c(OCCCC)c3)c(=O)cc2)cc(OCCCC)c1OCCCC. The van der Waals surface area contributed by atoms with Crippen molar-refractivity contribution in [3.63, 3.8) is 0 Å². The molecule has 0 radical (unpaired) electrons. The third kappa shape index (κ3) is 15.0. The van der Waals surface area contributed by atoms with Crippen LogP contribution in [0.1, 0.15) is 139 Å². The van der Waals surface area contributed by atoms with Gasteiger partial charge < -0.3 is 38.5 Å². The Morgan fingerprint density at radius 3 is 1.21 bits per heavy atom. The van der Waals surface area contributed by atoms with Crippen molar-refractivity contribution >= 4 is 17.6 Å². The highest BCUT2D eigenvalue weighted by atomic mass is 16.6. The van der Waals surface area contributed by atoms with E-state index < -0.39 is 17.3 Å². The number of hydrogen-bond donors (Lipinski definition) is 1. The molecule has 56 heavy (non-hydrogen) atoms. The van der Waals surface area contributed by atoms with Crippen molar-refractivity contribution in [2.24, 2.45) is 0 Å². The fourth-order valence-electron chi connectivity index (χ4n) is 5.14. The number of hydrogen-bond acceptors (Lipinski definition) is 10. The highest BCUT2D eigenvalue weighted by Gasteiger charge is 2.22. The smallest absolute Gasteiger partial charge is 0.343 e. The number of unbranched alkanes of at least 4 members (excludes halogenated alkanes) is 6.